The first-order valence-corrected chi connectivity index (χ1v) is 10.2. The Hall–Kier alpha value is -2.99. The number of aliphatic carboxylic acids is 1. The molecule has 0 radical (unpaired) electrons. The number of aromatic nitrogens is 2. The maximum atomic E-state index is 12.6. The number of aromatic amines is 1. The topological polar surface area (TPSA) is 205 Å². The number of carbonyl (C=O) groups excluding carboxylic acids is 3. The highest BCUT2D eigenvalue weighted by Gasteiger charge is 2.26. The van der Waals surface area contributed by atoms with Crippen LogP contribution >= 0.6 is 0 Å². The minimum Gasteiger partial charge on any atom is -0.480 e. The molecule has 0 spiro atoms. The maximum absolute atomic E-state index is 12.6. The Kier molecular flexibility index (Phi) is 11.2. The molecule has 1 rings (SSSR count). The fourth-order valence-corrected chi connectivity index (χ4v) is 2.77. The van der Waals surface area contributed by atoms with Gasteiger partial charge in [0, 0.05) is 18.3 Å². The molecule has 12 nitrogen and oxygen atoms in total. The molecule has 1 heterocycles. The first-order chi connectivity index (χ1) is 14.6. The van der Waals surface area contributed by atoms with Crippen LogP contribution in [-0.2, 0) is 25.6 Å². The van der Waals surface area contributed by atoms with E-state index in [1.165, 1.54) is 12.5 Å². The second-order valence-electron chi connectivity index (χ2n) is 7.58. The average molecular weight is 440 g/mol. The lowest BCUT2D eigenvalue weighted by molar-refractivity contribution is -0.143. The summed E-state index contributed by atoms with van der Waals surface area (Å²) in [6.07, 6.45) is 4.91. The summed E-state index contributed by atoms with van der Waals surface area (Å²) < 4.78 is 0. The van der Waals surface area contributed by atoms with Crippen molar-refractivity contribution in [1.82, 2.24) is 25.9 Å². The lowest BCUT2D eigenvalue weighted by Crippen LogP contribution is -2.54. The minimum absolute atomic E-state index is 0.110. The van der Waals surface area contributed by atoms with E-state index in [1.54, 1.807) is 13.8 Å². The molecule has 1 aromatic rings. The second-order valence-corrected chi connectivity index (χ2v) is 7.58. The van der Waals surface area contributed by atoms with Crippen LogP contribution in [0.4, 0.5) is 0 Å². The van der Waals surface area contributed by atoms with E-state index in [4.69, 9.17) is 16.6 Å². The molecule has 0 aromatic carbocycles. The van der Waals surface area contributed by atoms with E-state index in [1.807, 2.05) is 0 Å². The van der Waals surface area contributed by atoms with Crippen LogP contribution in [0.25, 0.3) is 0 Å². The van der Waals surface area contributed by atoms with Gasteiger partial charge in [-0.25, -0.2) is 9.78 Å². The molecule has 1 aromatic heterocycles. The first kappa shape index (κ1) is 26.0. The van der Waals surface area contributed by atoms with E-state index >= 15 is 0 Å². The highest BCUT2D eigenvalue weighted by molar-refractivity contribution is 5.92. The molecule has 9 N–H and O–H groups in total. The van der Waals surface area contributed by atoms with Crippen LogP contribution in [0.15, 0.2) is 12.5 Å². The summed E-state index contributed by atoms with van der Waals surface area (Å²) in [5, 5.41) is 16.5. The van der Waals surface area contributed by atoms with Gasteiger partial charge in [-0.1, -0.05) is 20.3 Å². The molecule has 0 saturated heterocycles. The molecule has 0 fully saturated rings. The summed E-state index contributed by atoms with van der Waals surface area (Å²) in [6.45, 7) is 3.38. The Balaban J connectivity index is 2.70. The Labute approximate surface area is 180 Å². The SMILES string of the molecule is CC(C)C(NC(=O)CNC(=O)C(Cc1cnc[nH]1)NC(=O)C(N)CCCCN)C(=O)O. The molecule has 0 bridgehead atoms. The number of amides is 3. The minimum atomic E-state index is -1.16. The van der Waals surface area contributed by atoms with Crippen molar-refractivity contribution in [1.29, 1.82) is 0 Å². The number of H-pyrrole nitrogens is 1. The smallest absolute Gasteiger partial charge is 0.326 e. The molecule has 12 heteroatoms. The number of nitrogens with zero attached hydrogens (tertiary/aromatic N) is 1. The van der Waals surface area contributed by atoms with Crippen molar-refractivity contribution in [2.75, 3.05) is 13.1 Å². The van der Waals surface area contributed by atoms with E-state index in [9.17, 15) is 19.2 Å². The van der Waals surface area contributed by atoms with Crippen molar-refractivity contribution in [3.63, 3.8) is 0 Å². The molecule has 3 unspecified atom stereocenters. The van der Waals surface area contributed by atoms with Crippen LogP contribution < -0.4 is 27.4 Å². The largest absolute Gasteiger partial charge is 0.480 e. The molecule has 0 aliphatic carbocycles. The second kappa shape index (κ2) is 13.3. The van der Waals surface area contributed by atoms with E-state index in [0.717, 1.165) is 6.42 Å². The van der Waals surface area contributed by atoms with Crippen LogP contribution in [0.2, 0.25) is 0 Å². The molecule has 0 aliphatic heterocycles. The molecule has 31 heavy (non-hydrogen) atoms. The fourth-order valence-electron chi connectivity index (χ4n) is 2.77. The van der Waals surface area contributed by atoms with Gasteiger partial charge in [-0.15, -0.1) is 0 Å². The van der Waals surface area contributed by atoms with Gasteiger partial charge < -0.3 is 37.5 Å². The van der Waals surface area contributed by atoms with Crippen LogP contribution in [0.1, 0.15) is 38.8 Å². The molecule has 0 saturated carbocycles. The van der Waals surface area contributed by atoms with E-state index in [2.05, 4.69) is 25.9 Å². The number of hydrogen-bond acceptors (Lipinski definition) is 7. The van der Waals surface area contributed by atoms with Crippen LogP contribution in [0, 0.1) is 5.92 Å². The number of nitrogens with one attached hydrogen (secondary N) is 4. The number of carboxylic acids is 1. The molecular weight excluding hydrogens is 406 g/mol. The highest BCUT2D eigenvalue weighted by atomic mass is 16.4. The zero-order chi connectivity index (χ0) is 23.4. The summed E-state index contributed by atoms with van der Waals surface area (Å²) in [5.74, 6) is -3.25. The van der Waals surface area contributed by atoms with E-state index in [0.29, 0.717) is 25.1 Å². The van der Waals surface area contributed by atoms with Gasteiger partial charge in [-0.3, -0.25) is 14.4 Å². The number of unbranched alkanes of at least 4 members (excludes halogenated alkanes) is 1. The van der Waals surface area contributed by atoms with Gasteiger partial charge in [0.25, 0.3) is 0 Å². The molecule has 3 atom stereocenters. The zero-order valence-electron chi connectivity index (χ0n) is 17.9. The quantitative estimate of drug-likeness (QED) is 0.165. The number of carbonyl (C=O) groups is 4. The molecule has 174 valence electrons. The Morgan fingerprint density at radius 1 is 1.16 bits per heavy atom. The third-order valence-corrected chi connectivity index (χ3v) is 4.59. The van der Waals surface area contributed by atoms with Crippen molar-refractivity contribution in [2.24, 2.45) is 17.4 Å². The fraction of sp³-hybridized carbons (Fsp3) is 0.632. The Morgan fingerprint density at radius 3 is 2.42 bits per heavy atom. The summed E-state index contributed by atoms with van der Waals surface area (Å²) in [7, 11) is 0. The number of imidazole rings is 1. The third kappa shape index (κ3) is 9.57. The van der Waals surface area contributed by atoms with Gasteiger partial charge in [-0.05, 0) is 25.3 Å². The van der Waals surface area contributed by atoms with Crippen LogP contribution in [-0.4, -0.2) is 70.0 Å². The number of hydrogen-bond donors (Lipinski definition) is 7. The molecule has 0 aliphatic rings. The summed E-state index contributed by atoms with van der Waals surface area (Å²) >= 11 is 0. The normalized spacial score (nSPS) is 13.8. The Morgan fingerprint density at radius 2 is 1.87 bits per heavy atom. The van der Waals surface area contributed by atoms with Crippen molar-refractivity contribution >= 4 is 23.7 Å². The van der Waals surface area contributed by atoms with Gasteiger partial charge >= 0.3 is 5.97 Å². The summed E-state index contributed by atoms with van der Waals surface area (Å²) in [6, 6.07) is -2.87. The lowest BCUT2D eigenvalue weighted by Gasteiger charge is -2.21. The van der Waals surface area contributed by atoms with Gasteiger partial charge in [0.15, 0.2) is 0 Å². The predicted octanol–water partition coefficient (Wildman–Crippen LogP) is -1.77. The number of nitrogens with two attached hydrogens (primary N) is 2. The summed E-state index contributed by atoms with van der Waals surface area (Å²) in [4.78, 5) is 55.0. The Bertz CT molecular complexity index is 723. The van der Waals surface area contributed by atoms with Crippen molar-refractivity contribution in [3.8, 4) is 0 Å². The first-order valence-electron chi connectivity index (χ1n) is 10.2. The van der Waals surface area contributed by atoms with E-state index in [-0.39, 0.29) is 12.3 Å². The van der Waals surface area contributed by atoms with E-state index < -0.39 is 48.4 Å². The zero-order valence-corrected chi connectivity index (χ0v) is 17.9. The average Bonchev–Trinajstić information content (AvgIpc) is 3.22. The van der Waals surface area contributed by atoms with Crippen LogP contribution in [0.5, 0.6) is 0 Å². The summed E-state index contributed by atoms with van der Waals surface area (Å²) in [5.41, 5.74) is 11.9. The molecular formula is C19H33N7O5. The highest BCUT2D eigenvalue weighted by Crippen LogP contribution is 2.03. The van der Waals surface area contributed by atoms with Crippen LogP contribution in [0.3, 0.4) is 0 Å². The molecule has 3 amide bonds. The van der Waals surface area contributed by atoms with Gasteiger partial charge in [0.1, 0.15) is 12.1 Å². The van der Waals surface area contributed by atoms with Crippen molar-refractivity contribution in [3.05, 3.63) is 18.2 Å². The number of rotatable bonds is 14. The van der Waals surface area contributed by atoms with Gasteiger partial charge in [-0.2, -0.15) is 0 Å². The van der Waals surface area contributed by atoms with Crippen molar-refractivity contribution < 1.29 is 24.3 Å². The monoisotopic (exact) mass is 439 g/mol. The van der Waals surface area contributed by atoms with Gasteiger partial charge in [0.2, 0.25) is 17.7 Å². The number of carboxylic acid groups (broad SMARTS) is 1. The lowest BCUT2D eigenvalue weighted by atomic mass is 10.0. The van der Waals surface area contributed by atoms with Crippen molar-refractivity contribution in [2.45, 2.75) is 57.7 Å². The predicted molar refractivity (Wildman–Crippen MR) is 113 cm³/mol. The third-order valence-electron chi connectivity index (χ3n) is 4.59. The van der Waals surface area contributed by atoms with Gasteiger partial charge in [0.05, 0.1) is 18.9 Å². The standard InChI is InChI=1S/C19H33N7O5/c1-11(2)16(19(30)31)26-15(27)9-23-18(29)14(7-12-8-22-10-24-12)25-17(28)13(21)5-3-4-6-20/h8,10-11,13-14,16H,3-7,9,20-21H2,1-2H3,(H,22,24)(H,23,29)(H,25,28)(H,26,27)(H,30,31). The maximum Gasteiger partial charge on any atom is 0.326 e.